The van der Waals surface area contributed by atoms with Crippen molar-refractivity contribution in [2.45, 2.75) is 12.3 Å². The van der Waals surface area contributed by atoms with Crippen LogP contribution in [0.4, 0.5) is 5.69 Å². The van der Waals surface area contributed by atoms with Crippen LogP contribution >= 0.6 is 23.2 Å². The second kappa shape index (κ2) is 6.56. The van der Waals surface area contributed by atoms with Gasteiger partial charge in [0.2, 0.25) is 11.8 Å². The summed E-state index contributed by atoms with van der Waals surface area (Å²) in [6.07, 6.45) is 0. The van der Waals surface area contributed by atoms with E-state index in [9.17, 15) is 4.79 Å². The van der Waals surface area contributed by atoms with Crippen LogP contribution in [0, 0.1) is 0 Å². The van der Waals surface area contributed by atoms with Crippen LogP contribution in [0.15, 0.2) is 46.9 Å². The fourth-order valence-corrected chi connectivity index (χ4v) is 3.88. The smallest absolute Gasteiger partial charge is 0.293 e. The number of ether oxygens (including phenoxy) is 2. The van der Waals surface area contributed by atoms with Crippen molar-refractivity contribution in [1.82, 2.24) is 10.2 Å². The Balaban J connectivity index is 1.54. The quantitative estimate of drug-likeness (QED) is 0.644. The van der Waals surface area contributed by atoms with Gasteiger partial charge in [-0.2, -0.15) is 0 Å². The highest BCUT2D eigenvalue weighted by atomic mass is 35.5. The van der Waals surface area contributed by atoms with Crippen LogP contribution in [0.5, 0.6) is 0 Å². The molecule has 2 aliphatic heterocycles. The topological polar surface area (TPSA) is 77.7 Å². The number of carbonyl (C=O) groups excluding carboxylic acids is 1. The van der Waals surface area contributed by atoms with Crippen LogP contribution in [-0.2, 0) is 26.6 Å². The number of hydrogen-bond donors (Lipinski definition) is 0. The number of halogens is 2. The highest BCUT2D eigenvalue weighted by Gasteiger charge is 2.57. The van der Waals surface area contributed by atoms with Crippen molar-refractivity contribution in [3.8, 4) is 11.5 Å². The molecule has 3 aromatic rings. The van der Waals surface area contributed by atoms with E-state index in [1.165, 1.54) is 4.90 Å². The minimum absolute atomic E-state index is 0.0141. The van der Waals surface area contributed by atoms with Crippen molar-refractivity contribution in [2.24, 2.45) is 0 Å². The molecule has 0 radical (unpaired) electrons. The molecule has 0 aliphatic carbocycles. The van der Waals surface area contributed by atoms with Crippen molar-refractivity contribution in [3.63, 3.8) is 0 Å². The molecule has 1 saturated heterocycles. The molecule has 5 rings (SSSR count). The Morgan fingerprint density at radius 2 is 1.79 bits per heavy atom. The van der Waals surface area contributed by atoms with Gasteiger partial charge in [-0.25, -0.2) is 0 Å². The Kier molecular flexibility index (Phi) is 4.13. The average molecular weight is 418 g/mol. The van der Waals surface area contributed by atoms with Crippen molar-refractivity contribution < 1.29 is 18.7 Å². The molecular formula is C19H13Cl2N3O4. The number of anilines is 1. The van der Waals surface area contributed by atoms with E-state index in [4.69, 9.17) is 37.1 Å². The van der Waals surface area contributed by atoms with Gasteiger partial charge in [-0.3, -0.25) is 9.69 Å². The Labute approximate surface area is 169 Å². The standard InChI is InChI=1S/C19H13Cl2N3O4/c20-13-7-6-12-16(15(13)21)24(18(25)19(12)26-8-9-27-19)10-14-22-23-17(28-14)11-4-2-1-3-5-11/h1-7H,8-10H2. The summed E-state index contributed by atoms with van der Waals surface area (Å²) >= 11 is 12.6. The van der Waals surface area contributed by atoms with Gasteiger partial charge in [0.1, 0.15) is 6.54 Å². The predicted octanol–water partition coefficient (Wildman–Crippen LogP) is 3.79. The third kappa shape index (κ3) is 2.55. The number of carbonyl (C=O) groups is 1. The molecule has 0 bridgehead atoms. The molecule has 3 heterocycles. The number of rotatable bonds is 3. The second-order valence-electron chi connectivity index (χ2n) is 6.33. The summed E-state index contributed by atoms with van der Waals surface area (Å²) in [5.41, 5.74) is 1.74. The summed E-state index contributed by atoms with van der Waals surface area (Å²) < 4.78 is 17.1. The fourth-order valence-electron chi connectivity index (χ4n) is 3.46. The van der Waals surface area contributed by atoms with Gasteiger partial charge >= 0.3 is 0 Å². The third-order valence-corrected chi connectivity index (χ3v) is 5.49. The number of fused-ring (bicyclic) bond motifs is 2. The lowest BCUT2D eigenvalue weighted by atomic mass is 10.1. The Bertz CT molecular complexity index is 1060. The fraction of sp³-hybridized carbons (Fsp3) is 0.211. The second-order valence-corrected chi connectivity index (χ2v) is 7.11. The minimum atomic E-state index is -1.51. The maximum Gasteiger partial charge on any atom is 0.293 e. The average Bonchev–Trinajstić information content (AvgIpc) is 3.43. The molecule has 1 spiro atoms. The monoisotopic (exact) mass is 417 g/mol. The van der Waals surface area contributed by atoms with Crippen LogP contribution < -0.4 is 4.90 Å². The van der Waals surface area contributed by atoms with Gasteiger partial charge in [0, 0.05) is 11.1 Å². The Morgan fingerprint density at radius 3 is 2.54 bits per heavy atom. The van der Waals surface area contributed by atoms with Crippen LogP contribution in [0.1, 0.15) is 11.5 Å². The molecule has 2 aliphatic rings. The predicted molar refractivity (Wildman–Crippen MR) is 101 cm³/mol. The minimum Gasteiger partial charge on any atom is -0.419 e. The van der Waals surface area contributed by atoms with Crippen LogP contribution in [-0.4, -0.2) is 29.3 Å². The lowest BCUT2D eigenvalue weighted by Crippen LogP contribution is -2.41. The lowest BCUT2D eigenvalue weighted by molar-refractivity contribution is -0.180. The molecule has 9 heteroatoms. The molecular weight excluding hydrogens is 405 g/mol. The zero-order valence-electron chi connectivity index (χ0n) is 14.4. The van der Waals surface area contributed by atoms with Crippen molar-refractivity contribution in [3.05, 3.63) is 64.0 Å². The SMILES string of the molecule is O=C1N(Cc2nnc(-c3ccccc3)o2)c2c(ccc(Cl)c2Cl)C12OCCO2. The number of hydrogen-bond acceptors (Lipinski definition) is 6. The van der Waals surface area contributed by atoms with Gasteiger partial charge in [-0.05, 0) is 24.3 Å². The summed E-state index contributed by atoms with van der Waals surface area (Å²) in [7, 11) is 0. The summed E-state index contributed by atoms with van der Waals surface area (Å²) in [6, 6.07) is 12.7. The van der Waals surface area contributed by atoms with Crippen LogP contribution in [0.25, 0.3) is 11.5 Å². The van der Waals surface area contributed by atoms with E-state index >= 15 is 0 Å². The maximum atomic E-state index is 13.2. The molecule has 0 saturated carbocycles. The Morgan fingerprint density at radius 1 is 1.04 bits per heavy atom. The lowest BCUT2D eigenvalue weighted by Gasteiger charge is -2.21. The molecule has 1 amide bonds. The van der Waals surface area contributed by atoms with Gasteiger partial charge in [0.15, 0.2) is 0 Å². The highest BCUT2D eigenvalue weighted by Crippen LogP contribution is 2.50. The van der Waals surface area contributed by atoms with Crippen molar-refractivity contribution >= 4 is 34.8 Å². The molecule has 0 N–H and O–H groups in total. The molecule has 142 valence electrons. The number of nitrogens with zero attached hydrogens (tertiary/aromatic N) is 3. The van der Waals surface area contributed by atoms with E-state index in [1.807, 2.05) is 30.3 Å². The van der Waals surface area contributed by atoms with E-state index in [-0.39, 0.29) is 17.5 Å². The first kappa shape index (κ1) is 17.6. The van der Waals surface area contributed by atoms with E-state index in [2.05, 4.69) is 10.2 Å². The number of benzene rings is 2. The van der Waals surface area contributed by atoms with Crippen molar-refractivity contribution in [1.29, 1.82) is 0 Å². The maximum absolute atomic E-state index is 13.2. The van der Waals surface area contributed by atoms with E-state index in [1.54, 1.807) is 12.1 Å². The molecule has 7 nitrogen and oxygen atoms in total. The van der Waals surface area contributed by atoms with Gasteiger partial charge in [-0.1, -0.05) is 41.4 Å². The first-order valence-corrected chi connectivity index (χ1v) is 9.32. The van der Waals surface area contributed by atoms with Gasteiger partial charge in [-0.15, -0.1) is 10.2 Å². The van der Waals surface area contributed by atoms with Gasteiger partial charge < -0.3 is 13.9 Å². The Hall–Kier alpha value is -2.45. The summed E-state index contributed by atoms with van der Waals surface area (Å²) in [4.78, 5) is 14.6. The molecule has 1 aromatic heterocycles. The largest absolute Gasteiger partial charge is 0.419 e. The molecule has 2 aromatic carbocycles. The summed E-state index contributed by atoms with van der Waals surface area (Å²) in [5.74, 6) is -1.29. The normalized spacial score (nSPS) is 17.5. The number of amides is 1. The molecule has 0 unspecified atom stereocenters. The molecule has 1 fully saturated rings. The zero-order valence-corrected chi connectivity index (χ0v) is 15.9. The molecule has 28 heavy (non-hydrogen) atoms. The van der Waals surface area contributed by atoms with E-state index < -0.39 is 11.7 Å². The van der Waals surface area contributed by atoms with E-state index in [0.717, 1.165) is 5.56 Å². The number of aromatic nitrogens is 2. The first-order valence-electron chi connectivity index (χ1n) is 8.56. The molecule has 0 atom stereocenters. The van der Waals surface area contributed by atoms with Crippen LogP contribution in [0.2, 0.25) is 10.0 Å². The van der Waals surface area contributed by atoms with Crippen LogP contribution in [0.3, 0.4) is 0 Å². The van der Waals surface area contributed by atoms with Gasteiger partial charge in [0.25, 0.3) is 11.7 Å². The summed E-state index contributed by atoms with van der Waals surface area (Å²) in [5, 5.41) is 8.69. The highest BCUT2D eigenvalue weighted by molar-refractivity contribution is 6.44. The zero-order chi connectivity index (χ0) is 19.3. The van der Waals surface area contributed by atoms with E-state index in [0.29, 0.717) is 35.4 Å². The van der Waals surface area contributed by atoms with Crippen molar-refractivity contribution in [2.75, 3.05) is 18.1 Å². The summed E-state index contributed by atoms with van der Waals surface area (Å²) in [6.45, 7) is 0.621. The third-order valence-electron chi connectivity index (χ3n) is 4.70. The first-order chi connectivity index (χ1) is 13.6. The van der Waals surface area contributed by atoms with Gasteiger partial charge in [0.05, 0.1) is 28.9 Å².